The number of hydrogen-bond acceptors (Lipinski definition) is 5. The summed E-state index contributed by atoms with van der Waals surface area (Å²) in [6, 6.07) is 5.16. The molecule has 0 radical (unpaired) electrons. The second kappa shape index (κ2) is 7.45. The fourth-order valence-electron chi connectivity index (χ4n) is 2.41. The van der Waals surface area contributed by atoms with E-state index >= 15 is 0 Å². The summed E-state index contributed by atoms with van der Waals surface area (Å²) in [6.45, 7) is 4.78. The SMILES string of the molecule is CNS(=O)(=O)c1ccc(S(=O)(=O)N2CCNC(C)C2C)cc1.Cl. The normalized spacial score (nSPS) is 23.3. The molecule has 7 nitrogen and oxygen atoms in total. The van der Waals surface area contributed by atoms with E-state index in [1.54, 1.807) is 0 Å². The summed E-state index contributed by atoms with van der Waals surface area (Å²) in [6.07, 6.45) is 0. The predicted molar refractivity (Wildman–Crippen MR) is 90.8 cm³/mol. The molecule has 1 fully saturated rings. The smallest absolute Gasteiger partial charge is 0.243 e. The summed E-state index contributed by atoms with van der Waals surface area (Å²) in [5, 5.41) is 3.23. The zero-order valence-electron chi connectivity index (χ0n) is 13.2. The molecular formula is C13H22ClN3O4S2. The Labute approximate surface area is 144 Å². The number of piperazine rings is 1. The predicted octanol–water partition coefficient (Wildman–Crippen LogP) is 0.387. The van der Waals surface area contributed by atoms with Crippen LogP contribution in [0, 0.1) is 0 Å². The molecule has 2 atom stereocenters. The maximum atomic E-state index is 12.7. The lowest BCUT2D eigenvalue weighted by Crippen LogP contribution is -2.57. The number of benzene rings is 1. The number of halogens is 1. The van der Waals surface area contributed by atoms with Gasteiger partial charge in [-0.1, -0.05) is 0 Å². The summed E-state index contributed by atoms with van der Waals surface area (Å²) in [4.78, 5) is 0.138. The molecule has 1 aliphatic rings. The van der Waals surface area contributed by atoms with Crippen molar-refractivity contribution in [3.8, 4) is 0 Å². The van der Waals surface area contributed by atoms with Crippen molar-refractivity contribution in [2.75, 3.05) is 20.1 Å². The van der Waals surface area contributed by atoms with Gasteiger partial charge in [-0.2, -0.15) is 4.31 Å². The summed E-state index contributed by atoms with van der Waals surface area (Å²) in [5.41, 5.74) is 0. The highest BCUT2D eigenvalue weighted by Gasteiger charge is 2.34. The van der Waals surface area contributed by atoms with E-state index in [0.29, 0.717) is 13.1 Å². The van der Waals surface area contributed by atoms with Crippen LogP contribution in [-0.4, -0.2) is 53.4 Å². The minimum atomic E-state index is -3.64. The van der Waals surface area contributed by atoms with Crippen LogP contribution in [0.1, 0.15) is 13.8 Å². The van der Waals surface area contributed by atoms with Crippen LogP contribution in [0.3, 0.4) is 0 Å². The molecule has 1 aromatic rings. The van der Waals surface area contributed by atoms with Crippen LogP contribution in [0.2, 0.25) is 0 Å². The molecule has 0 saturated carbocycles. The Morgan fingerprint density at radius 3 is 2.13 bits per heavy atom. The fourth-order valence-corrected chi connectivity index (χ4v) is 4.84. The van der Waals surface area contributed by atoms with Crippen molar-refractivity contribution in [1.29, 1.82) is 0 Å². The molecule has 0 spiro atoms. The Balaban J connectivity index is 0.00000264. The van der Waals surface area contributed by atoms with E-state index in [1.165, 1.54) is 35.6 Å². The van der Waals surface area contributed by atoms with Gasteiger partial charge in [0.2, 0.25) is 20.0 Å². The molecule has 0 amide bonds. The fraction of sp³-hybridized carbons (Fsp3) is 0.538. The first-order chi connectivity index (χ1) is 10.2. The Bertz CT molecular complexity index is 735. The average molecular weight is 384 g/mol. The maximum absolute atomic E-state index is 12.7. The monoisotopic (exact) mass is 383 g/mol. The quantitative estimate of drug-likeness (QED) is 0.784. The topological polar surface area (TPSA) is 95.6 Å². The molecule has 1 aliphatic heterocycles. The lowest BCUT2D eigenvalue weighted by molar-refractivity contribution is 0.233. The van der Waals surface area contributed by atoms with Crippen LogP contribution in [0.4, 0.5) is 0 Å². The van der Waals surface area contributed by atoms with Crippen LogP contribution in [0.15, 0.2) is 34.1 Å². The molecule has 2 N–H and O–H groups in total. The summed E-state index contributed by atoms with van der Waals surface area (Å²) >= 11 is 0. The van der Waals surface area contributed by atoms with Crippen molar-refractivity contribution in [3.05, 3.63) is 24.3 Å². The van der Waals surface area contributed by atoms with Gasteiger partial charge in [-0.25, -0.2) is 21.6 Å². The van der Waals surface area contributed by atoms with Crippen molar-refractivity contribution in [3.63, 3.8) is 0 Å². The van der Waals surface area contributed by atoms with E-state index < -0.39 is 20.0 Å². The zero-order chi connectivity index (χ0) is 16.5. The van der Waals surface area contributed by atoms with Gasteiger partial charge in [0.05, 0.1) is 9.79 Å². The Hall–Kier alpha value is -0.710. The molecule has 1 saturated heterocycles. The maximum Gasteiger partial charge on any atom is 0.243 e. The van der Waals surface area contributed by atoms with Crippen LogP contribution in [0.25, 0.3) is 0 Å². The molecule has 2 unspecified atom stereocenters. The van der Waals surface area contributed by atoms with Gasteiger partial charge in [0.25, 0.3) is 0 Å². The van der Waals surface area contributed by atoms with E-state index in [4.69, 9.17) is 0 Å². The molecule has 132 valence electrons. The van der Waals surface area contributed by atoms with Crippen LogP contribution in [-0.2, 0) is 20.0 Å². The third kappa shape index (κ3) is 4.04. The third-order valence-electron chi connectivity index (χ3n) is 3.99. The molecule has 0 bridgehead atoms. The summed E-state index contributed by atoms with van der Waals surface area (Å²) < 4.78 is 52.4. The molecule has 10 heteroatoms. The van der Waals surface area contributed by atoms with Crippen molar-refractivity contribution in [1.82, 2.24) is 14.3 Å². The number of nitrogens with one attached hydrogen (secondary N) is 2. The highest BCUT2D eigenvalue weighted by atomic mass is 35.5. The van der Waals surface area contributed by atoms with Crippen molar-refractivity contribution < 1.29 is 16.8 Å². The van der Waals surface area contributed by atoms with Crippen LogP contribution >= 0.6 is 12.4 Å². The average Bonchev–Trinajstić information content (AvgIpc) is 2.50. The number of rotatable bonds is 4. The molecule has 2 rings (SSSR count). The number of hydrogen-bond donors (Lipinski definition) is 2. The Morgan fingerprint density at radius 2 is 1.61 bits per heavy atom. The van der Waals surface area contributed by atoms with Gasteiger partial charge in [-0.3, -0.25) is 0 Å². The van der Waals surface area contributed by atoms with E-state index in [0.717, 1.165) is 0 Å². The molecule has 1 aromatic carbocycles. The first-order valence-corrected chi connectivity index (χ1v) is 9.91. The third-order valence-corrected chi connectivity index (χ3v) is 7.42. The van der Waals surface area contributed by atoms with Gasteiger partial charge in [0.15, 0.2) is 0 Å². The van der Waals surface area contributed by atoms with Crippen LogP contribution < -0.4 is 10.0 Å². The second-order valence-electron chi connectivity index (χ2n) is 5.28. The molecule has 0 aromatic heterocycles. The zero-order valence-corrected chi connectivity index (χ0v) is 15.6. The van der Waals surface area contributed by atoms with E-state index in [-0.39, 0.29) is 34.3 Å². The van der Waals surface area contributed by atoms with E-state index in [9.17, 15) is 16.8 Å². The first-order valence-electron chi connectivity index (χ1n) is 6.99. The Kier molecular flexibility index (Phi) is 6.59. The van der Waals surface area contributed by atoms with Gasteiger partial charge in [0.1, 0.15) is 0 Å². The van der Waals surface area contributed by atoms with Gasteiger partial charge in [-0.15, -0.1) is 12.4 Å². The standard InChI is InChI=1S/C13H21N3O4S2.ClH/c1-10-11(2)16(9-8-15-10)22(19,20)13-6-4-12(5-7-13)21(17,18)14-3;/h4-7,10-11,14-15H,8-9H2,1-3H3;1H. The van der Waals surface area contributed by atoms with Gasteiger partial charge in [0, 0.05) is 25.2 Å². The van der Waals surface area contributed by atoms with Crippen molar-refractivity contribution >= 4 is 32.5 Å². The molecule has 23 heavy (non-hydrogen) atoms. The van der Waals surface area contributed by atoms with Crippen molar-refractivity contribution in [2.24, 2.45) is 0 Å². The summed E-state index contributed by atoms with van der Waals surface area (Å²) in [5.74, 6) is 0. The lowest BCUT2D eigenvalue weighted by atomic mass is 10.1. The van der Waals surface area contributed by atoms with Gasteiger partial charge >= 0.3 is 0 Å². The van der Waals surface area contributed by atoms with Crippen LogP contribution in [0.5, 0.6) is 0 Å². The molecular weight excluding hydrogens is 362 g/mol. The highest BCUT2D eigenvalue weighted by Crippen LogP contribution is 2.22. The number of sulfonamides is 2. The summed E-state index contributed by atoms with van der Waals surface area (Å²) in [7, 11) is -5.90. The van der Waals surface area contributed by atoms with Crippen molar-refractivity contribution in [2.45, 2.75) is 35.7 Å². The van der Waals surface area contributed by atoms with Gasteiger partial charge < -0.3 is 5.32 Å². The molecule has 1 heterocycles. The van der Waals surface area contributed by atoms with Gasteiger partial charge in [-0.05, 0) is 45.2 Å². The lowest BCUT2D eigenvalue weighted by Gasteiger charge is -2.37. The Morgan fingerprint density at radius 1 is 1.09 bits per heavy atom. The minimum Gasteiger partial charge on any atom is -0.311 e. The molecule has 0 aliphatic carbocycles. The van der Waals surface area contributed by atoms with E-state index in [1.807, 2.05) is 13.8 Å². The van der Waals surface area contributed by atoms with E-state index in [2.05, 4.69) is 10.0 Å². The first kappa shape index (κ1) is 20.3. The highest BCUT2D eigenvalue weighted by molar-refractivity contribution is 7.89. The largest absolute Gasteiger partial charge is 0.311 e. The number of nitrogens with zero attached hydrogens (tertiary/aromatic N) is 1. The minimum absolute atomic E-state index is 0. The second-order valence-corrected chi connectivity index (χ2v) is 9.06.